The van der Waals surface area contributed by atoms with Crippen molar-refractivity contribution in [2.24, 2.45) is 0 Å². The minimum atomic E-state index is -0.0966. The minimum Gasteiger partial charge on any atom is -0.496 e. The summed E-state index contributed by atoms with van der Waals surface area (Å²) in [6, 6.07) is 13.8. The molecule has 122 valence electrons. The summed E-state index contributed by atoms with van der Waals surface area (Å²) >= 11 is 0. The highest BCUT2D eigenvalue weighted by molar-refractivity contribution is 5.94. The SMILES string of the molecule is COc1cc(C(=O)NCc2ccc(CN(C)C)cc2)ccc1C. The van der Waals surface area contributed by atoms with Gasteiger partial charge < -0.3 is 15.0 Å². The van der Waals surface area contributed by atoms with E-state index in [9.17, 15) is 4.79 Å². The van der Waals surface area contributed by atoms with Gasteiger partial charge >= 0.3 is 0 Å². The van der Waals surface area contributed by atoms with Gasteiger partial charge in [-0.1, -0.05) is 30.3 Å². The molecule has 0 atom stereocenters. The summed E-state index contributed by atoms with van der Waals surface area (Å²) in [5, 5.41) is 2.94. The number of rotatable bonds is 6. The number of hydrogen-bond donors (Lipinski definition) is 1. The first-order valence-electron chi connectivity index (χ1n) is 7.65. The maximum Gasteiger partial charge on any atom is 0.251 e. The summed E-state index contributed by atoms with van der Waals surface area (Å²) in [5.74, 6) is 0.631. The molecule has 0 aromatic heterocycles. The number of methoxy groups -OCH3 is 1. The van der Waals surface area contributed by atoms with Crippen LogP contribution in [0.25, 0.3) is 0 Å². The molecule has 1 amide bonds. The topological polar surface area (TPSA) is 41.6 Å². The van der Waals surface area contributed by atoms with Crippen molar-refractivity contribution in [1.82, 2.24) is 10.2 Å². The molecule has 4 nitrogen and oxygen atoms in total. The van der Waals surface area contributed by atoms with Crippen molar-refractivity contribution in [2.75, 3.05) is 21.2 Å². The molecule has 0 saturated carbocycles. The molecular formula is C19H24N2O2. The Morgan fingerprint density at radius 3 is 2.35 bits per heavy atom. The highest BCUT2D eigenvalue weighted by atomic mass is 16.5. The fourth-order valence-corrected chi connectivity index (χ4v) is 2.37. The van der Waals surface area contributed by atoms with E-state index in [2.05, 4.69) is 34.5 Å². The molecule has 0 unspecified atom stereocenters. The summed E-state index contributed by atoms with van der Waals surface area (Å²) in [6.45, 7) is 3.38. The highest BCUT2D eigenvalue weighted by Crippen LogP contribution is 2.19. The molecule has 2 aromatic rings. The number of benzene rings is 2. The third kappa shape index (κ3) is 4.83. The van der Waals surface area contributed by atoms with E-state index in [0.717, 1.165) is 23.4 Å². The van der Waals surface area contributed by atoms with Crippen molar-refractivity contribution in [3.8, 4) is 5.75 Å². The molecule has 1 N–H and O–H groups in total. The number of ether oxygens (including phenoxy) is 1. The van der Waals surface area contributed by atoms with E-state index >= 15 is 0 Å². The number of carbonyl (C=O) groups excluding carboxylic acids is 1. The number of carbonyl (C=O) groups is 1. The van der Waals surface area contributed by atoms with Gasteiger partial charge in [-0.05, 0) is 49.8 Å². The van der Waals surface area contributed by atoms with Crippen LogP contribution in [0.5, 0.6) is 5.75 Å². The monoisotopic (exact) mass is 312 g/mol. The van der Waals surface area contributed by atoms with Gasteiger partial charge in [-0.15, -0.1) is 0 Å². The van der Waals surface area contributed by atoms with E-state index in [-0.39, 0.29) is 5.91 Å². The Kier molecular flexibility index (Phi) is 5.77. The molecule has 0 aliphatic heterocycles. The second kappa shape index (κ2) is 7.79. The van der Waals surface area contributed by atoms with Crippen LogP contribution in [0.1, 0.15) is 27.0 Å². The second-order valence-electron chi connectivity index (χ2n) is 5.92. The summed E-state index contributed by atoms with van der Waals surface area (Å²) < 4.78 is 5.26. The van der Waals surface area contributed by atoms with Crippen molar-refractivity contribution in [3.63, 3.8) is 0 Å². The van der Waals surface area contributed by atoms with Gasteiger partial charge in [0.15, 0.2) is 0 Å². The summed E-state index contributed by atoms with van der Waals surface area (Å²) in [4.78, 5) is 14.4. The highest BCUT2D eigenvalue weighted by Gasteiger charge is 2.08. The average Bonchev–Trinajstić information content (AvgIpc) is 2.54. The van der Waals surface area contributed by atoms with E-state index < -0.39 is 0 Å². The molecule has 0 saturated heterocycles. The Morgan fingerprint density at radius 1 is 1.09 bits per heavy atom. The third-order valence-electron chi connectivity index (χ3n) is 3.65. The number of hydrogen-bond acceptors (Lipinski definition) is 3. The normalized spacial score (nSPS) is 10.7. The first kappa shape index (κ1) is 17.0. The van der Waals surface area contributed by atoms with Crippen LogP contribution in [0, 0.1) is 6.92 Å². The van der Waals surface area contributed by atoms with Gasteiger partial charge in [0.25, 0.3) is 5.91 Å². The Balaban J connectivity index is 1.96. The van der Waals surface area contributed by atoms with Crippen LogP contribution in [0.4, 0.5) is 0 Å². The Hall–Kier alpha value is -2.33. The lowest BCUT2D eigenvalue weighted by Gasteiger charge is -2.11. The van der Waals surface area contributed by atoms with Crippen molar-refractivity contribution < 1.29 is 9.53 Å². The van der Waals surface area contributed by atoms with Gasteiger partial charge in [-0.3, -0.25) is 4.79 Å². The number of amides is 1. The van der Waals surface area contributed by atoms with Gasteiger partial charge in [0.05, 0.1) is 7.11 Å². The van der Waals surface area contributed by atoms with Crippen molar-refractivity contribution in [1.29, 1.82) is 0 Å². The second-order valence-corrected chi connectivity index (χ2v) is 5.92. The molecule has 0 aliphatic rings. The lowest BCUT2D eigenvalue weighted by Crippen LogP contribution is -2.22. The summed E-state index contributed by atoms with van der Waals surface area (Å²) in [6.07, 6.45) is 0. The molecule has 4 heteroatoms. The molecule has 0 aliphatic carbocycles. The zero-order chi connectivity index (χ0) is 16.8. The predicted octanol–water partition coefficient (Wildman–Crippen LogP) is 3.00. The van der Waals surface area contributed by atoms with Crippen LogP contribution in [-0.2, 0) is 13.1 Å². The minimum absolute atomic E-state index is 0.0966. The number of nitrogens with zero attached hydrogens (tertiary/aromatic N) is 1. The summed E-state index contributed by atoms with van der Waals surface area (Å²) in [5.41, 5.74) is 3.96. The van der Waals surface area contributed by atoms with Crippen LogP contribution >= 0.6 is 0 Å². The van der Waals surface area contributed by atoms with Crippen LogP contribution in [0.15, 0.2) is 42.5 Å². The van der Waals surface area contributed by atoms with Gasteiger partial charge in [0.2, 0.25) is 0 Å². The van der Waals surface area contributed by atoms with E-state index in [1.54, 1.807) is 13.2 Å². The van der Waals surface area contributed by atoms with Crippen molar-refractivity contribution in [2.45, 2.75) is 20.0 Å². The molecule has 23 heavy (non-hydrogen) atoms. The van der Waals surface area contributed by atoms with E-state index in [0.29, 0.717) is 12.1 Å². The van der Waals surface area contributed by atoms with Crippen molar-refractivity contribution >= 4 is 5.91 Å². The van der Waals surface area contributed by atoms with Gasteiger partial charge in [0, 0.05) is 18.7 Å². The summed E-state index contributed by atoms with van der Waals surface area (Å²) in [7, 11) is 5.70. The van der Waals surface area contributed by atoms with E-state index in [4.69, 9.17) is 4.74 Å². The zero-order valence-electron chi connectivity index (χ0n) is 14.2. The van der Waals surface area contributed by atoms with Gasteiger partial charge in [0.1, 0.15) is 5.75 Å². The molecule has 2 aromatic carbocycles. The molecular weight excluding hydrogens is 288 g/mol. The maximum absolute atomic E-state index is 12.2. The fourth-order valence-electron chi connectivity index (χ4n) is 2.37. The largest absolute Gasteiger partial charge is 0.496 e. The van der Waals surface area contributed by atoms with Gasteiger partial charge in [-0.25, -0.2) is 0 Å². The Labute approximate surface area is 138 Å². The molecule has 0 radical (unpaired) electrons. The van der Waals surface area contributed by atoms with Crippen LogP contribution in [0.2, 0.25) is 0 Å². The van der Waals surface area contributed by atoms with Crippen LogP contribution in [-0.4, -0.2) is 32.0 Å². The molecule has 0 fully saturated rings. The lowest BCUT2D eigenvalue weighted by molar-refractivity contribution is 0.0950. The number of nitrogens with one attached hydrogen (secondary N) is 1. The maximum atomic E-state index is 12.2. The first-order chi connectivity index (χ1) is 11.0. The number of aryl methyl sites for hydroxylation is 1. The Morgan fingerprint density at radius 2 is 1.74 bits per heavy atom. The Bertz CT molecular complexity index is 664. The molecule has 2 rings (SSSR count). The predicted molar refractivity (Wildman–Crippen MR) is 92.7 cm³/mol. The average molecular weight is 312 g/mol. The smallest absolute Gasteiger partial charge is 0.251 e. The third-order valence-corrected chi connectivity index (χ3v) is 3.65. The van der Waals surface area contributed by atoms with E-state index in [1.165, 1.54) is 5.56 Å². The van der Waals surface area contributed by atoms with Crippen LogP contribution in [0.3, 0.4) is 0 Å². The first-order valence-corrected chi connectivity index (χ1v) is 7.65. The standard InChI is InChI=1S/C19H24N2O2/c1-14-5-10-17(11-18(14)23-4)19(22)20-12-15-6-8-16(9-7-15)13-21(2)3/h5-11H,12-13H2,1-4H3,(H,20,22). The molecule has 0 heterocycles. The quantitative estimate of drug-likeness (QED) is 0.891. The molecule has 0 spiro atoms. The molecule has 0 bridgehead atoms. The van der Waals surface area contributed by atoms with Gasteiger partial charge in [-0.2, -0.15) is 0 Å². The fraction of sp³-hybridized carbons (Fsp3) is 0.316. The zero-order valence-corrected chi connectivity index (χ0v) is 14.2. The lowest BCUT2D eigenvalue weighted by atomic mass is 10.1. The van der Waals surface area contributed by atoms with Crippen LogP contribution < -0.4 is 10.1 Å². The van der Waals surface area contributed by atoms with Crippen molar-refractivity contribution in [3.05, 3.63) is 64.7 Å². The van der Waals surface area contributed by atoms with E-state index in [1.807, 2.05) is 33.2 Å².